The molecule has 0 radical (unpaired) electrons. The van der Waals surface area contributed by atoms with Gasteiger partial charge in [0.15, 0.2) is 0 Å². The minimum atomic E-state index is -3.77. The van der Waals surface area contributed by atoms with Gasteiger partial charge in [0, 0.05) is 25.2 Å². The van der Waals surface area contributed by atoms with Crippen LogP contribution in [0.3, 0.4) is 0 Å². The topological polar surface area (TPSA) is 75.7 Å². The quantitative estimate of drug-likeness (QED) is 0.703. The van der Waals surface area contributed by atoms with Crippen molar-refractivity contribution in [3.05, 3.63) is 59.7 Å². The van der Waals surface area contributed by atoms with Crippen LogP contribution in [0.15, 0.2) is 53.4 Å². The Bertz CT molecular complexity index is 997. The number of amides is 1. The minimum Gasteiger partial charge on any atom is -0.495 e. The first-order chi connectivity index (χ1) is 14.7. The third kappa shape index (κ3) is 5.46. The lowest BCUT2D eigenvalue weighted by Gasteiger charge is -2.34. The molecule has 1 amide bonds. The van der Waals surface area contributed by atoms with E-state index >= 15 is 0 Å². The van der Waals surface area contributed by atoms with Crippen LogP contribution in [0.4, 0.5) is 0 Å². The molecule has 2 aromatic rings. The van der Waals surface area contributed by atoms with Gasteiger partial charge in [-0.1, -0.05) is 51.1 Å². The second-order valence-corrected chi connectivity index (χ2v) is 10.6. The fourth-order valence-electron chi connectivity index (χ4n) is 4.21. The zero-order valence-electron chi connectivity index (χ0n) is 18.7. The molecule has 0 aliphatic carbocycles. The van der Waals surface area contributed by atoms with Crippen molar-refractivity contribution in [2.45, 2.75) is 38.0 Å². The molecule has 1 N–H and O–H groups in total. The average molecular weight is 445 g/mol. The van der Waals surface area contributed by atoms with Gasteiger partial charge in [-0.05, 0) is 47.9 Å². The van der Waals surface area contributed by atoms with Crippen LogP contribution in [0.1, 0.15) is 49.0 Å². The molecule has 1 aliphatic rings. The summed E-state index contributed by atoms with van der Waals surface area (Å²) >= 11 is 0. The molecule has 1 fully saturated rings. The van der Waals surface area contributed by atoms with Crippen molar-refractivity contribution in [3.8, 4) is 5.75 Å². The molecule has 2 aromatic carbocycles. The van der Waals surface area contributed by atoms with Crippen LogP contribution in [0.25, 0.3) is 0 Å². The van der Waals surface area contributed by atoms with E-state index in [1.165, 1.54) is 17.5 Å². The van der Waals surface area contributed by atoms with Crippen LogP contribution in [-0.2, 0) is 10.0 Å². The number of methoxy groups -OCH3 is 1. The molecule has 1 saturated heterocycles. The number of hydrogen-bond acceptors (Lipinski definition) is 4. The van der Waals surface area contributed by atoms with Crippen molar-refractivity contribution in [2.75, 3.05) is 26.7 Å². The van der Waals surface area contributed by atoms with Gasteiger partial charge in [-0.25, -0.2) is 8.42 Å². The zero-order valence-corrected chi connectivity index (χ0v) is 19.5. The highest BCUT2D eigenvalue weighted by Gasteiger charge is 2.34. The minimum absolute atomic E-state index is 0.0417. The van der Waals surface area contributed by atoms with Crippen LogP contribution in [-0.4, -0.2) is 45.4 Å². The highest BCUT2D eigenvalue weighted by Crippen LogP contribution is 2.32. The Kier molecular flexibility index (Phi) is 7.38. The maximum atomic E-state index is 13.4. The van der Waals surface area contributed by atoms with Crippen molar-refractivity contribution in [1.82, 2.24) is 9.62 Å². The van der Waals surface area contributed by atoms with E-state index < -0.39 is 10.0 Å². The van der Waals surface area contributed by atoms with E-state index in [9.17, 15) is 13.2 Å². The Morgan fingerprint density at radius 2 is 1.77 bits per heavy atom. The smallest absolute Gasteiger partial charge is 0.251 e. The maximum absolute atomic E-state index is 13.4. The summed E-state index contributed by atoms with van der Waals surface area (Å²) in [4.78, 5) is 12.8. The molecular weight excluding hydrogens is 412 g/mol. The van der Waals surface area contributed by atoms with Crippen LogP contribution in [0, 0.1) is 11.8 Å². The van der Waals surface area contributed by atoms with Crippen molar-refractivity contribution in [1.29, 1.82) is 0 Å². The first-order valence-electron chi connectivity index (χ1n) is 10.7. The molecule has 0 spiro atoms. The number of benzene rings is 2. The van der Waals surface area contributed by atoms with Crippen LogP contribution in [0.5, 0.6) is 5.75 Å². The van der Waals surface area contributed by atoms with Gasteiger partial charge in [-0.15, -0.1) is 0 Å². The number of sulfonamides is 1. The summed E-state index contributed by atoms with van der Waals surface area (Å²) in [6.45, 7) is 7.57. The maximum Gasteiger partial charge on any atom is 0.251 e. The van der Waals surface area contributed by atoms with Crippen LogP contribution in [0.2, 0.25) is 0 Å². The van der Waals surface area contributed by atoms with Crippen molar-refractivity contribution < 1.29 is 17.9 Å². The summed E-state index contributed by atoms with van der Waals surface area (Å²) in [6, 6.07) is 14.5. The van der Waals surface area contributed by atoms with E-state index in [-0.39, 0.29) is 34.3 Å². The van der Waals surface area contributed by atoms with Crippen molar-refractivity contribution in [3.63, 3.8) is 0 Å². The molecule has 1 heterocycles. The number of piperidine rings is 1. The molecule has 0 bridgehead atoms. The largest absolute Gasteiger partial charge is 0.495 e. The fraction of sp³-hybridized carbons (Fsp3) is 0.458. The monoisotopic (exact) mass is 444 g/mol. The van der Waals surface area contributed by atoms with Gasteiger partial charge in [0.1, 0.15) is 10.6 Å². The number of ether oxygens (including phenoxy) is 1. The molecule has 3 atom stereocenters. The number of hydrogen-bond donors (Lipinski definition) is 1. The highest BCUT2D eigenvalue weighted by molar-refractivity contribution is 7.89. The summed E-state index contributed by atoms with van der Waals surface area (Å²) < 4.78 is 33.6. The number of nitrogens with one attached hydrogen (secondary N) is 1. The van der Waals surface area contributed by atoms with E-state index in [2.05, 4.69) is 19.2 Å². The van der Waals surface area contributed by atoms with E-state index in [1.54, 1.807) is 12.1 Å². The third-order valence-electron chi connectivity index (χ3n) is 5.82. The Morgan fingerprint density at radius 1 is 1.13 bits per heavy atom. The number of carbonyl (C=O) groups excluding carboxylic acids is 1. The third-order valence-corrected chi connectivity index (χ3v) is 7.67. The second kappa shape index (κ2) is 9.83. The number of carbonyl (C=O) groups is 1. The lowest BCUT2D eigenvalue weighted by atomic mass is 9.94. The van der Waals surface area contributed by atoms with Crippen molar-refractivity contribution in [2.24, 2.45) is 11.8 Å². The van der Waals surface area contributed by atoms with Gasteiger partial charge in [0.2, 0.25) is 10.0 Å². The van der Waals surface area contributed by atoms with E-state index in [4.69, 9.17) is 4.74 Å². The molecule has 168 valence electrons. The van der Waals surface area contributed by atoms with E-state index in [0.717, 1.165) is 12.0 Å². The van der Waals surface area contributed by atoms with E-state index in [1.807, 2.05) is 37.3 Å². The summed E-state index contributed by atoms with van der Waals surface area (Å²) in [5, 5.41) is 2.92. The first kappa shape index (κ1) is 23.3. The second-order valence-electron chi connectivity index (χ2n) is 8.66. The SMILES string of the molecule is COc1ccc(C(=O)NCC(C)c2ccccc2)cc1S(=O)(=O)N1CC(C)CC(C)C1. The van der Waals surface area contributed by atoms with Gasteiger partial charge in [0.05, 0.1) is 7.11 Å². The molecule has 0 saturated carbocycles. The molecule has 1 aliphatic heterocycles. The number of nitrogens with zero attached hydrogens (tertiary/aromatic N) is 1. The summed E-state index contributed by atoms with van der Waals surface area (Å²) in [5.41, 5.74) is 1.44. The molecule has 31 heavy (non-hydrogen) atoms. The van der Waals surface area contributed by atoms with Gasteiger partial charge in [-0.2, -0.15) is 4.31 Å². The van der Waals surface area contributed by atoms with Gasteiger partial charge < -0.3 is 10.1 Å². The average Bonchev–Trinajstić information content (AvgIpc) is 2.76. The first-order valence-corrected chi connectivity index (χ1v) is 12.2. The standard InChI is InChI=1S/C24H32N2O4S/c1-17-12-18(2)16-26(15-17)31(28,29)23-13-21(10-11-22(23)30-4)24(27)25-14-19(3)20-8-6-5-7-9-20/h5-11,13,17-19H,12,14-16H2,1-4H3,(H,25,27). The molecule has 7 heteroatoms. The molecule has 6 nitrogen and oxygen atoms in total. The summed E-state index contributed by atoms with van der Waals surface area (Å²) in [5.74, 6) is 0.663. The van der Waals surface area contributed by atoms with E-state index in [0.29, 0.717) is 25.2 Å². The van der Waals surface area contributed by atoms with Gasteiger partial charge >= 0.3 is 0 Å². The predicted molar refractivity (Wildman–Crippen MR) is 122 cm³/mol. The molecular formula is C24H32N2O4S. The summed E-state index contributed by atoms with van der Waals surface area (Å²) in [6.07, 6.45) is 1.01. The Labute approximate surface area is 185 Å². The zero-order chi connectivity index (χ0) is 22.6. The van der Waals surface area contributed by atoms with Crippen LogP contribution < -0.4 is 10.1 Å². The van der Waals surface area contributed by atoms with Crippen LogP contribution >= 0.6 is 0 Å². The predicted octanol–water partition coefficient (Wildman–Crippen LogP) is 3.90. The highest BCUT2D eigenvalue weighted by atomic mass is 32.2. The van der Waals surface area contributed by atoms with Gasteiger partial charge in [-0.3, -0.25) is 4.79 Å². The van der Waals surface area contributed by atoms with Gasteiger partial charge in [0.25, 0.3) is 5.91 Å². The lowest BCUT2D eigenvalue weighted by molar-refractivity contribution is 0.0951. The molecule has 3 rings (SSSR count). The molecule has 0 aromatic heterocycles. The Balaban J connectivity index is 1.80. The normalized spacial score (nSPS) is 20.8. The Morgan fingerprint density at radius 3 is 2.39 bits per heavy atom. The summed E-state index contributed by atoms with van der Waals surface area (Å²) in [7, 11) is -2.33. The van der Waals surface area contributed by atoms with Crippen molar-refractivity contribution >= 4 is 15.9 Å². The lowest BCUT2D eigenvalue weighted by Crippen LogP contribution is -2.42. The molecule has 3 unspecified atom stereocenters. The fourth-order valence-corrected chi connectivity index (χ4v) is 6.07. The Hall–Kier alpha value is -2.38. The number of rotatable bonds is 7.